The highest BCUT2D eigenvalue weighted by Gasteiger charge is 2.15. The first kappa shape index (κ1) is 15.0. The second-order valence-electron chi connectivity index (χ2n) is 4.37. The Labute approximate surface area is 110 Å². The first-order chi connectivity index (χ1) is 8.69. The smallest absolute Gasteiger partial charge is 0.0589 e. The molecule has 0 amide bonds. The molecule has 0 aliphatic heterocycles. The van der Waals surface area contributed by atoms with Gasteiger partial charge >= 0.3 is 0 Å². The number of rotatable bonds is 8. The van der Waals surface area contributed by atoms with Gasteiger partial charge in [-0.25, -0.2) is 0 Å². The molecule has 0 aliphatic rings. The molecule has 0 bridgehead atoms. The molecule has 1 unspecified atom stereocenters. The normalized spacial score (nSPS) is 12.9. The highest BCUT2D eigenvalue weighted by molar-refractivity contribution is 5.41. The molecule has 0 heterocycles. The summed E-state index contributed by atoms with van der Waals surface area (Å²) in [6.45, 7) is 5.39. The van der Waals surface area contributed by atoms with Crippen LogP contribution in [0.4, 0.5) is 5.69 Å². The maximum absolute atomic E-state index is 5.83. The molecule has 1 aromatic carbocycles. The molecule has 1 atom stereocenters. The number of methoxy groups -OCH3 is 2. The van der Waals surface area contributed by atoms with Gasteiger partial charge in [0, 0.05) is 39.0 Å². The summed E-state index contributed by atoms with van der Waals surface area (Å²) in [5.41, 5.74) is 7.86. The Balaban J connectivity index is 2.70. The summed E-state index contributed by atoms with van der Waals surface area (Å²) in [5.74, 6) is 0. The van der Waals surface area contributed by atoms with Crippen LogP contribution >= 0.6 is 0 Å². The van der Waals surface area contributed by atoms with Gasteiger partial charge in [-0.15, -0.1) is 0 Å². The molecule has 0 radical (unpaired) electrons. The Bertz CT molecular complexity index is 336. The largest absolute Gasteiger partial charge is 0.399 e. The second-order valence-corrected chi connectivity index (χ2v) is 4.37. The molecule has 0 saturated heterocycles. The summed E-state index contributed by atoms with van der Waals surface area (Å²) in [5, 5.41) is 0. The van der Waals surface area contributed by atoms with Crippen LogP contribution in [-0.2, 0) is 9.47 Å². The third-order valence-corrected chi connectivity index (χ3v) is 3.11. The summed E-state index contributed by atoms with van der Waals surface area (Å²) >= 11 is 0. The first-order valence-electron chi connectivity index (χ1n) is 6.26. The van der Waals surface area contributed by atoms with Crippen molar-refractivity contribution in [2.75, 3.05) is 46.3 Å². The topological polar surface area (TPSA) is 47.7 Å². The van der Waals surface area contributed by atoms with E-state index < -0.39 is 0 Å². The Morgan fingerprint density at radius 1 is 1.17 bits per heavy atom. The number of hydrogen-bond acceptors (Lipinski definition) is 4. The van der Waals surface area contributed by atoms with E-state index in [1.165, 1.54) is 5.56 Å². The maximum Gasteiger partial charge on any atom is 0.0589 e. The van der Waals surface area contributed by atoms with E-state index >= 15 is 0 Å². The van der Waals surface area contributed by atoms with Gasteiger partial charge in [0.15, 0.2) is 0 Å². The van der Waals surface area contributed by atoms with E-state index in [4.69, 9.17) is 15.2 Å². The van der Waals surface area contributed by atoms with Crippen molar-refractivity contribution in [3.05, 3.63) is 29.8 Å². The van der Waals surface area contributed by atoms with Gasteiger partial charge in [-0.2, -0.15) is 0 Å². The van der Waals surface area contributed by atoms with Gasteiger partial charge < -0.3 is 15.2 Å². The van der Waals surface area contributed by atoms with Crippen LogP contribution in [0.3, 0.4) is 0 Å². The fourth-order valence-corrected chi connectivity index (χ4v) is 1.95. The molecule has 0 aromatic heterocycles. The zero-order valence-electron chi connectivity index (χ0n) is 11.6. The average molecular weight is 252 g/mol. The summed E-state index contributed by atoms with van der Waals surface area (Å²) in [4.78, 5) is 2.34. The quantitative estimate of drug-likeness (QED) is 0.718. The minimum Gasteiger partial charge on any atom is -0.399 e. The number of benzene rings is 1. The third-order valence-electron chi connectivity index (χ3n) is 3.11. The van der Waals surface area contributed by atoms with E-state index in [2.05, 4.69) is 17.9 Å². The van der Waals surface area contributed by atoms with Gasteiger partial charge in [0.1, 0.15) is 0 Å². The molecule has 2 N–H and O–H groups in total. The van der Waals surface area contributed by atoms with Crippen LogP contribution in [0.1, 0.15) is 18.5 Å². The van der Waals surface area contributed by atoms with Crippen LogP contribution < -0.4 is 5.73 Å². The van der Waals surface area contributed by atoms with Gasteiger partial charge in [0.05, 0.1) is 13.2 Å². The predicted octanol–water partition coefficient (Wildman–Crippen LogP) is 1.92. The average Bonchev–Trinajstić information content (AvgIpc) is 2.38. The molecule has 0 fully saturated rings. The molecule has 0 aliphatic carbocycles. The van der Waals surface area contributed by atoms with E-state index in [0.717, 1.165) is 32.0 Å². The number of nitrogens with zero attached hydrogens (tertiary/aromatic N) is 1. The Morgan fingerprint density at radius 3 is 2.28 bits per heavy atom. The minimum absolute atomic E-state index is 0.304. The maximum atomic E-state index is 5.83. The van der Waals surface area contributed by atoms with Gasteiger partial charge in [0.2, 0.25) is 0 Å². The third kappa shape index (κ3) is 4.64. The lowest BCUT2D eigenvalue weighted by Gasteiger charge is -2.29. The van der Waals surface area contributed by atoms with Crippen LogP contribution in [0.2, 0.25) is 0 Å². The van der Waals surface area contributed by atoms with E-state index in [0.29, 0.717) is 6.04 Å². The Morgan fingerprint density at radius 2 is 1.78 bits per heavy atom. The predicted molar refractivity (Wildman–Crippen MR) is 74.6 cm³/mol. The summed E-state index contributed by atoms with van der Waals surface area (Å²) in [7, 11) is 3.44. The Kier molecular flexibility index (Phi) is 6.72. The van der Waals surface area contributed by atoms with E-state index in [1.807, 2.05) is 18.2 Å². The zero-order valence-corrected chi connectivity index (χ0v) is 11.6. The number of ether oxygens (including phenoxy) is 2. The SMILES string of the molecule is COCCN(CCOC)C(C)c1cccc(N)c1. The highest BCUT2D eigenvalue weighted by atomic mass is 16.5. The van der Waals surface area contributed by atoms with Crippen molar-refractivity contribution in [3.63, 3.8) is 0 Å². The molecule has 1 rings (SSSR count). The molecule has 18 heavy (non-hydrogen) atoms. The fourth-order valence-electron chi connectivity index (χ4n) is 1.95. The molecular weight excluding hydrogens is 228 g/mol. The van der Waals surface area contributed by atoms with Crippen LogP contribution in [0.15, 0.2) is 24.3 Å². The van der Waals surface area contributed by atoms with Crippen LogP contribution in [0, 0.1) is 0 Å². The number of anilines is 1. The molecule has 0 saturated carbocycles. The van der Waals surface area contributed by atoms with Crippen LogP contribution in [0.25, 0.3) is 0 Å². The van der Waals surface area contributed by atoms with Crippen molar-refractivity contribution in [3.8, 4) is 0 Å². The molecular formula is C14H24N2O2. The van der Waals surface area contributed by atoms with Gasteiger partial charge in [-0.3, -0.25) is 4.90 Å². The van der Waals surface area contributed by atoms with Crippen molar-refractivity contribution < 1.29 is 9.47 Å². The van der Waals surface area contributed by atoms with Crippen LogP contribution in [0.5, 0.6) is 0 Å². The molecule has 1 aromatic rings. The van der Waals surface area contributed by atoms with Crippen LogP contribution in [-0.4, -0.2) is 45.4 Å². The zero-order chi connectivity index (χ0) is 13.4. The monoisotopic (exact) mass is 252 g/mol. The number of nitrogen functional groups attached to an aromatic ring is 1. The van der Waals surface area contributed by atoms with E-state index in [-0.39, 0.29) is 0 Å². The highest BCUT2D eigenvalue weighted by Crippen LogP contribution is 2.21. The summed E-state index contributed by atoms with van der Waals surface area (Å²) in [6.07, 6.45) is 0. The molecule has 4 heteroatoms. The summed E-state index contributed by atoms with van der Waals surface area (Å²) < 4.78 is 10.3. The van der Waals surface area contributed by atoms with E-state index in [9.17, 15) is 0 Å². The number of nitrogens with two attached hydrogens (primary N) is 1. The van der Waals surface area contributed by atoms with Gasteiger partial charge in [-0.05, 0) is 24.6 Å². The fraction of sp³-hybridized carbons (Fsp3) is 0.571. The minimum atomic E-state index is 0.304. The molecule has 102 valence electrons. The number of hydrogen-bond donors (Lipinski definition) is 1. The van der Waals surface area contributed by atoms with Gasteiger partial charge in [0.25, 0.3) is 0 Å². The summed E-state index contributed by atoms with van der Waals surface area (Å²) in [6, 6.07) is 8.33. The van der Waals surface area contributed by atoms with Crippen molar-refractivity contribution >= 4 is 5.69 Å². The Hall–Kier alpha value is -1.10. The van der Waals surface area contributed by atoms with Crippen molar-refractivity contribution in [1.82, 2.24) is 4.90 Å². The lowest BCUT2D eigenvalue weighted by atomic mass is 10.1. The van der Waals surface area contributed by atoms with E-state index in [1.54, 1.807) is 14.2 Å². The lowest BCUT2D eigenvalue weighted by molar-refractivity contribution is 0.0920. The van der Waals surface area contributed by atoms with Gasteiger partial charge in [-0.1, -0.05) is 12.1 Å². The van der Waals surface area contributed by atoms with Crippen molar-refractivity contribution in [2.24, 2.45) is 0 Å². The van der Waals surface area contributed by atoms with Crippen molar-refractivity contribution in [2.45, 2.75) is 13.0 Å². The molecule has 0 spiro atoms. The van der Waals surface area contributed by atoms with Crippen molar-refractivity contribution in [1.29, 1.82) is 0 Å². The standard InChI is InChI=1S/C14H24N2O2/c1-12(13-5-4-6-14(15)11-13)16(7-9-17-2)8-10-18-3/h4-6,11-12H,7-10,15H2,1-3H3. The lowest BCUT2D eigenvalue weighted by Crippen LogP contribution is -2.33. The first-order valence-corrected chi connectivity index (χ1v) is 6.26. The second kappa shape index (κ2) is 8.08. The molecule has 4 nitrogen and oxygen atoms in total.